The highest BCUT2D eigenvalue weighted by atomic mass is 14.9. The van der Waals surface area contributed by atoms with Crippen molar-refractivity contribution in [3.8, 4) is 0 Å². The first-order valence-corrected chi connectivity index (χ1v) is 7.14. The zero-order valence-electron chi connectivity index (χ0n) is 12.9. The number of rotatable bonds is 4. The maximum atomic E-state index is 6.06. The van der Waals surface area contributed by atoms with Gasteiger partial charge in [0.2, 0.25) is 0 Å². The average molecular weight is 268 g/mol. The molecule has 3 N–H and O–H groups in total. The van der Waals surface area contributed by atoms with Gasteiger partial charge in [-0.3, -0.25) is 0 Å². The van der Waals surface area contributed by atoms with Gasteiger partial charge in [0.05, 0.1) is 11.4 Å². The van der Waals surface area contributed by atoms with Gasteiger partial charge in [-0.25, -0.2) is 0 Å². The van der Waals surface area contributed by atoms with E-state index >= 15 is 0 Å². The maximum Gasteiger partial charge on any atom is 0.0576 e. The maximum absolute atomic E-state index is 6.06. The highest BCUT2D eigenvalue weighted by Crippen LogP contribution is 2.23. The van der Waals surface area contributed by atoms with Gasteiger partial charge in [0, 0.05) is 6.54 Å². The second-order valence-electron chi connectivity index (χ2n) is 5.63. The van der Waals surface area contributed by atoms with E-state index < -0.39 is 0 Å². The third-order valence-electron chi connectivity index (χ3n) is 3.88. The number of nitrogen functional groups attached to an aromatic ring is 1. The molecule has 0 spiro atoms. The molecule has 0 amide bonds. The molecule has 2 heteroatoms. The summed E-state index contributed by atoms with van der Waals surface area (Å²) in [6.45, 7) is 9.41. The first-order valence-electron chi connectivity index (χ1n) is 7.14. The standard InChI is InChI=1S/C18H24N2/c1-12-5-6-13(2)16(9-12)7-8-20-18-11-15(4)14(3)10-17(18)19/h5-6,9-11,20H,7-8,19H2,1-4H3. The van der Waals surface area contributed by atoms with Gasteiger partial charge in [-0.1, -0.05) is 23.8 Å². The number of hydrogen-bond acceptors (Lipinski definition) is 2. The molecule has 0 aliphatic carbocycles. The summed E-state index contributed by atoms with van der Waals surface area (Å²) in [5, 5.41) is 3.45. The van der Waals surface area contributed by atoms with Crippen LogP contribution in [-0.2, 0) is 6.42 Å². The van der Waals surface area contributed by atoms with Gasteiger partial charge in [-0.15, -0.1) is 0 Å². The lowest BCUT2D eigenvalue weighted by Crippen LogP contribution is -2.08. The van der Waals surface area contributed by atoms with Crippen LogP contribution in [-0.4, -0.2) is 6.54 Å². The Kier molecular flexibility index (Phi) is 4.33. The van der Waals surface area contributed by atoms with E-state index in [1.165, 1.54) is 27.8 Å². The van der Waals surface area contributed by atoms with Crippen LogP contribution in [0.25, 0.3) is 0 Å². The zero-order valence-corrected chi connectivity index (χ0v) is 12.9. The molecule has 2 aromatic carbocycles. The summed E-state index contributed by atoms with van der Waals surface area (Å²) in [7, 11) is 0. The van der Waals surface area contributed by atoms with Gasteiger partial charge in [0.1, 0.15) is 0 Å². The van der Waals surface area contributed by atoms with E-state index in [0.29, 0.717) is 0 Å². The highest BCUT2D eigenvalue weighted by molar-refractivity contribution is 5.68. The third kappa shape index (κ3) is 3.32. The monoisotopic (exact) mass is 268 g/mol. The van der Waals surface area contributed by atoms with Crippen molar-refractivity contribution < 1.29 is 0 Å². The third-order valence-corrected chi connectivity index (χ3v) is 3.88. The van der Waals surface area contributed by atoms with Gasteiger partial charge in [0.15, 0.2) is 0 Å². The quantitative estimate of drug-likeness (QED) is 0.817. The molecule has 0 atom stereocenters. The van der Waals surface area contributed by atoms with Crippen LogP contribution in [0, 0.1) is 27.7 Å². The molecule has 0 saturated heterocycles. The lowest BCUT2D eigenvalue weighted by Gasteiger charge is -2.13. The Morgan fingerprint density at radius 3 is 2.35 bits per heavy atom. The van der Waals surface area contributed by atoms with E-state index in [1.54, 1.807) is 0 Å². The molecule has 20 heavy (non-hydrogen) atoms. The average Bonchev–Trinajstić information content (AvgIpc) is 2.39. The van der Waals surface area contributed by atoms with Crippen LogP contribution in [0.2, 0.25) is 0 Å². The number of hydrogen-bond donors (Lipinski definition) is 2. The summed E-state index contributed by atoms with van der Waals surface area (Å²) in [6.07, 6.45) is 1.01. The van der Waals surface area contributed by atoms with Crippen molar-refractivity contribution in [1.29, 1.82) is 0 Å². The number of anilines is 2. The van der Waals surface area contributed by atoms with Crippen LogP contribution >= 0.6 is 0 Å². The molecule has 0 aliphatic heterocycles. The molecule has 2 nitrogen and oxygen atoms in total. The molecule has 0 aliphatic rings. The topological polar surface area (TPSA) is 38.0 Å². The molecule has 0 bridgehead atoms. The molecule has 0 fully saturated rings. The Balaban J connectivity index is 2.03. The molecule has 106 valence electrons. The van der Waals surface area contributed by atoms with E-state index in [2.05, 4.69) is 57.3 Å². The highest BCUT2D eigenvalue weighted by Gasteiger charge is 2.03. The Hall–Kier alpha value is -1.96. The van der Waals surface area contributed by atoms with Crippen molar-refractivity contribution in [2.75, 3.05) is 17.6 Å². The van der Waals surface area contributed by atoms with E-state index in [-0.39, 0.29) is 0 Å². The van der Waals surface area contributed by atoms with E-state index in [0.717, 1.165) is 24.3 Å². The van der Waals surface area contributed by atoms with E-state index in [4.69, 9.17) is 5.73 Å². The second-order valence-corrected chi connectivity index (χ2v) is 5.63. The molecule has 0 saturated carbocycles. The molecule has 0 radical (unpaired) electrons. The fraction of sp³-hybridized carbons (Fsp3) is 0.333. The van der Waals surface area contributed by atoms with Crippen LogP contribution in [0.1, 0.15) is 27.8 Å². The van der Waals surface area contributed by atoms with Crippen molar-refractivity contribution >= 4 is 11.4 Å². The number of nitrogens with two attached hydrogens (primary N) is 1. The van der Waals surface area contributed by atoms with Gasteiger partial charge in [-0.2, -0.15) is 0 Å². The van der Waals surface area contributed by atoms with Crippen molar-refractivity contribution in [2.45, 2.75) is 34.1 Å². The summed E-state index contributed by atoms with van der Waals surface area (Å²) in [5.74, 6) is 0. The molecule has 2 aromatic rings. The molecule has 0 unspecified atom stereocenters. The van der Waals surface area contributed by atoms with Crippen LogP contribution in [0.15, 0.2) is 30.3 Å². The number of nitrogens with one attached hydrogen (secondary N) is 1. The SMILES string of the molecule is Cc1ccc(C)c(CCNc2cc(C)c(C)cc2N)c1. The van der Waals surface area contributed by atoms with Gasteiger partial charge < -0.3 is 11.1 Å². The fourth-order valence-electron chi connectivity index (χ4n) is 2.39. The first kappa shape index (κ1) is 14.4. The summed E-state index contributed by atoms with van der Waals surface area (Å²) in [5.41, 5.74) is 14.5. The Bertz CT molecular complexity index is 615. The van der Waals surface area contributed by atoms with Crippen molar-refractivity contribution in [1.82, 2.24) is 0 Å². The minimum absolute atomic E-state index is 0.828. The van der Waals surface area contributed by atoms with Crippen molar-refractivity contribution in [3.05, 3.63) is 58.1 Å². The molecule has 2 rings (SSSR count). The normalized spacial score (nSPS) is 10.6. The van der Waals surface area contributed by atoms with Gasteiger partial charge in [0.25, 0.3) is 0 Å². The lowest BCUT2D eigenvalue weighted by atomic mass is 10.0. The largest absolute Gasteiger partial charge is 0.397 e. The minimum atomic E-state index is 0.828. The Morgan fingerprint density at radius 1 is 0.900 bits per heavy atom. The molecular weight excluding hydrogens is 244 g/mol. The van der Waals surface area contributed by atoms with Crippen LogP contribution in [0.4, 0.5) is 11.4 Å². The number of benzene rings is 2. The summed E-state index contributed by atoms with van der Waals surface area (Å²) in [6, 6.07) is 10.8. The predicted octanol–water partition coefficient (Wildman–Crippen LogP) is 4.16. The fourth-order valence-corrected chi connectivity index (χ4v) is 2.39. The summed E-state index contributed by atoms with van der Waals surface area (Å²) >= 11 is 0. The zero-order chi connectivity index (χ0) is 14.7. The number of aryl methyl sites for hydroxylation is 4. The van der Waals surface area contributed by atoms with Crippen LogP contribution in [0.3, 0.4) is 0 Å². The summed E-state index contributed by atoms with van der Waals surface area (Å²) in [4.78, 5) is 0. The van der Waals surface area contributed by atoms with E-state index in [9.17, 15) is 0 Å². The predicted molar refractivity (Wildman–Crippen MR) is 88.4 cm³/mol. The van der Waals surface area contributed by atoms with Gasteiger partial charge in [-0.05, 0) is 68.5 Å². The summed E-state index contributed by atoms with van der Waals surface area (Å²) < 4.78 is 0. The first-order chi connectivity index (χ1) is 9.47. The van der Waals surface area contributed by atoms with Crippen LogP contribution < -0.4 is 11.1 Å². The second kappa shape index (κ2) is 6.00. The van der Waals surface area contributed by atoms with E-state index in [1.807, 2.05) is 6.07 Å². The molecule has 0 heterocycles. The molecular formula is C18H24N2. The Labute approximate surface area is 122 Å². The van der Waals surface area contributed by atoms with Crippen molar-refractivity contribution in [3.63, 3.8) is 0 Å². The lowest BCUT2D eigenvalue weighted by molar-refractivity contribution is 1.00. The van der Waals surface area contributed by atoms with Gasteiger partial charge >= 0.3 is 0 Å². The van der Waals surface area contributed by atoms with Crippen LogP contribution in [0.5, 0.6) is 0 Å². The van der Waals surface area contributed by atoms with Crippen molar-refractivity contribution in [2.24, 2.45) is 0 Å². The minimum Gasteiger partial charge on any atom is -0.397 e. The smallest absolute Gasteiger partial charge is 0.0576 e. The molecule has 0 aromatic heterocycles. The Morgan fingerprint density at radius 2 is 1.60 bits per heavy atom.